The molecule has 0 aliphatic carbocycles. The van der Waals surface area contributed by atoms with Crippen LogP contribution >= 0.6 is 8.03 Å². The summed E-state index contributed by atoms with van der Waals surface area (Å²) in [5.74, 6) is -2.50. The van der Waals surface area contributed by atoms with E-state index in [0.29, 0.717) is 0 Å². The van der Waals surface area contributed by atoms with Gasteiger partial charge in [-0.3, -0.25) is 19.1 Å². The number of carboxylic acids is 2. The molecule has 0 rings (SSSR count). The third-order valence-corrected chi connectivity index (χ3v) is 2.08. The van der Waals surface area contributed by atoms with E-state index in [-0.39, 0.29) is 0 Å². The third-order valence-electron chi connectivity index (χ3n) is 1.17. The lowest BCUT2D eigenvalue weighted by Crippen LogP contribution is -2.34. The van der Waals surface area contributed by atoms with Gasteiger partial charge in [0.25, 0.3) is 0 Å². The van der Waals surface area contributed by atoms with Crippen LogP contribution in [0.3, 0.4) is 0 Å². The maximum Gasteiger partial charge on any atom is 0.317 e. The van der Waals surface area contributed by atoms with Gasteiger partial charge in [-0.1, -0.05) is 0 Å². The summed E-state index contributed by atoms with van der Waals surface area (Å²) in [5.41, 5.74) is 0. The molecule has 0 saturated carbocycles. The van der Waals surface area contributed by atoms with E-state index in [4.69, 9.17) is 15.5 Å². The molecule has 1 unspecified atom stereocenters. The summed E-state index contributed by atoms with van der Waals surface area (Å²) in [6.45, 7) is -1.15. The average molecular weight is 227 g/mol. The smallest absolute Gasteiger partial charge is 0.317 e. The minimum absolute atomic E-state index is 0.417. The summed E-state index contributed by atoms with van der Waals surface area (Å²) in [7, 11) is -2.81. The second-order valence-corrected chi connectivity index (χ2v) is 3.64. The Morgan fingerprint density at radius 2 is 1.64 bits per heavy atom. The monoisotopic (exact) mass is 227 g/mol. The van der Waals surface area contributed by atoms with Crippen LogP contribution in [0.1, 0.15) is 0 Å². The summed E-state index contributed by atoms with van der Waals surface area (Å²) in [6, 6.07) is 0. The molecular formula is C5H10NO7P. The van der Waals surface area contributed by atoms with Gasteiger partial charge in [-0.25, -0.2) is 5.26 Å². The van der Waals surface area contributed by atoms with Crippen LogP contribution in [0.25, 0.3) is 0 Å². The van der Waals surface area contributed by atoms with Gasteiger partial charge in [-0.2, -0.15) is 4.67 Å². The van der Waals surface area contributed by atoms with Crippen molar-refractivity contribution in [3.63, 3.8) is 0 Å². The molecule has 0 saturated heterocycles. The predicted octanol–water partition coefficient (Wildman–Crippen LogP) is -0.621. The number of rotatable bonds is 7. The Balaban J connectivity index is 4.16. The largest absolute Gasteiger partial charge is 0.480 e. The van der Waals surface area contributed by atoms with Crippen LogP contribution in [0.15, 0.2) is 0 Å². The number of nitrogens with zero attached hydrogens (tertiary/aromatic N) is 1. The van der Waals surface area contributed by atoms with E-state index < -0.39 is 39.3 Å². The Morgan fingerprint density at radius 1 is 1.21 bits per heavy atom. The van der Waals surface area contributed by atoms with Gasteiger partial charge in [-0.05, 0) is 0 Å². The number of hydrogen-bond acceptors (Lipinski definition) is 6. The summed E-state index contributed by atoms with van der Waals surface area (Å²) in [6.07, 6.45) is -0.417. The predicted molar refractivity (Wildman–Crippen MR) is 44.4 cm³/mol. The summed E-state index contributed by atoms with van der Waals surface area (Å²) in [4.78, 5) is 21.3. The molecule has 0 aliphatic heterocycles. The number of hydrogen-bond donors (Lipinski definition) is 3. The molecule has 0 bridgehead atoms. The second kappa shape index (κ2) is 6.50. The molecule has 8 nitrogen and oxygen atoms in total. The Hall–Kier alpha value is -0.950. The van der Waals surface area contributed by atoms with Gasteiger partial charge in [-0.15, -0.1) is 0 Å². The lowest BCUT2D eigenvalue weighted by molar-refractivity contribution is -0.142. The number of aliphatic carboxylic acids is 2. The molecule has 82 valence electrons. The summed E-state index contributed by atoms with van der Waals surface area (Å²) >= 11 is 0. The molecule has 14 heavy (non-hydrogen) atoms. The molecule has 0 spiro atoms. The van der Waals surface area contributed by atoms with Crippen LogP contribution < -0.4 is 0 Å². The number of carboxylic acid groups (broad SMARTS) is 2. The Bertz CT molecular complexity index is 226. The van der Waals surface area contributed by atoms with E-state index in [2.05, 4.69) is 4.67 Å². The minimum atomic E-state index is -2.81. The van der Waals surface area contributed by atoms with Crippen LogP contribution in [0.4, 0.5) is 0 Å². The molecule has 0 aromatic heterocycles. The molecule has 0 radical (unpaired) electrons. The first-order chi connectivity index (χ1) is 6.45. The minimum Gasteiger partial charge on any atom is -0.480 e. The highest BCUT2D eigenvalue weighted by Gasteiger charge is 2.16. The van der Waals surface area contributed by atoms with Crippen LogP contribution in [-0.2, 0) is 18.8 Å². The van der Waals surface area contributed by atoms with Gasteiger partial charge in [0.05, 0.1) is 19.4 Å². The van der Waals surface area contributed by atoms with Gasteiger partial charge < -0.3 is 10.2 Å². The van der Waals surface area contributed by atoms with E-state index in [1.165, 1.54) is 0 Å². The van der Waals surface area contributed by atoms with Crippen molar-refractivity contribution < 1.29 is 34.3 Å². The normalized spacial score (nSPS) is 12.7. The van der Waals surface area contributed by atoms with E-state index in [9.17, 15) is 14.2 Å². The molecule has 0 aliphatic rings. The van der Waals surface area contributed by atoms with Crippen LogP contribution in [0, 0.1) is 0 Å². The molecule has 0 amide bonds. The summed E-state index contributed by atoms with van der Waals surface area (Å²) < 4.78 is 14.1. The van der Waals surface area contributed by atoms with Crippen LogP contribution in [0.2, 0.25) is 0 Å². The first-order valence-corrected chi connectivity index (χ1v) is 4.98. The zero-order chi connectivity index (χ0) is 11.1. The van der Waals surface area contributed by atoms with E-state index in [1.807, 2.05) is 0 Å². The van der Waals surface area contributed by atoms with Crippen molar-refractivity contribution in [2.24, 2.45) is 0 Å². The Labute approximate surface area is 79.5 Å². The van der Waals surface area contributed by atoms with Gasteiger partial charge in [0, 0.05) is 0 Å². The van der Waals surface area contributed by atoms with Gasteiger partial charge >= 0.3 is 11.9 Å². The average Bonchev–Trinajstić information content (AvgIpc) is 2.01. The van der Waals surface area contributed by atoms with Crippen molar-refractivity contribution in [3.8, 4) is 0 Å². The molecule has 0 fully saturated rings. The lowest BCUT2D eigenvalue weighted by atomic mass is 10.5. The Morgan fingerprint density at radius 3 is 1.93 bits per heavy atom. The highest BCUT2D eigenvalue weighted by molar-refractivity contribution is 7.38. The third kappa shape index (κ3) is 6.55. The van der Waals surface area contributed by atoms with E-state index in [0.717, 1.165) is 4.90 Å². The fraction of sp³-hybridized carbons (Fsp3) is 0.600. The zero-order valence-corrected chi connectivity index (χ0v) is 8.04. The molecule has 9 heteroatoms. The Kier molecular flexibility index (Phi) is 6.06. The van der Waals surface area contributed by atoms with Crippen molar-refractivity contribution in [2.45, 2.75) is 0 Å². The first kappa shape index (κ1) is 13.1. The molecule has 0 aromatic carbocycles. The van der Waals surface area contributed by atoms with Crippen LogP contribution in [0.5, 0.6) is 0 Å². The van der Waals surface area contributed by atoms with Crippen molar-refractivity contribution >= 4 is 20.0 Å². The lowest BCUT2D eigenvalue weighted by Gasteiger charge is -2.15. The number of carbonyl (C=O) groups is 2. The fourth-order valence-corrected chi connectivity index (χ4v) is 1.41. The van der Waals surface area contributed by atoms with Crippen molar-refractivity contribution in [2.75, 3.05) is 19.4 Å². The van der Waals surface area contributed by atoms with Crippen molar-refractivity contribution in [3.05, 3.63) is 0 Å². The summed E-state index contributed by atoms with van der Waals surface area (Å²) in [5, 5.41) is 24.7. The van der Waals surface area contributed by atoms with Crippen molar-refractivity contribution in [1.29, 1.82) is 0 Å². The molecule has 3 N–H and O–H groups in total. The van der Waals surface area contributed by atoms with Crippen LogP contribution in [-0.4, -0.2) is 51.7 Å². The van der Waals surface area contributed by atoms with Gasteiger partial charge in [0.15, 0.2) is 0 Å². The highest BCUT2D eigenvalue weighted by atomic mass is 31.1. The van der Waals surface area contributed by atoms with E-state index >= 15 is 0 Å². The molecular weight excluding hydrogens is 217 g/mol. The second-order valence-electron chi connectivity index (χ2n) is 2.40. The zero-order valence-electron chi connectivity index (χ0n) is 7.04. The topological polar surface area (TPSA) is 124 Å². The maximum atomic E-state index is 10.7. The van der Waals surface area contributed by atoms with Crippen molar-refractivity contribution in [1.82, 2.24) is 4.90 Å². The molecule has 1 atom stereocenters. The molecule has 0 aromatic rings. The first-order valence-electron chi connectivity index (χ1n) is 3.46. The fourth-order valence-electron chi connectivity index (χ4n) is 0.762. The maximum absolute atomic E-state index is 10.7. The van der Waals surface area contributed by atoms with Gasteiger partial charge in [0.2, 0.25) is 8.03 Å². The SMILES string of the molecule is O=C(O)CN(CC(=O)O)C[PH](=O)OO. The highest BCUT2D eigenvalue weighted by Crippen LogP contribution is 2.20. The van der Waals surface area contributed by atoms with E-state index in [1.54, 1.807) is 0 Å². The van der Waals surface area contributed by atoms with Gasteiger partial charge in [0.1, 0.15) is 0 Å². The quantitative estimate of drug-likeness (QED) is 0.298. The molecule has 0 heterocycles. The standard InChI is InChI=1S/C5H10NO7P/c7-4(8)1-6(2-5(9)10)3-14(12)13-11/h11,14H,1-3H2,(H,7,8)(H,9,10).